The number of aromatic nitrogens is 5. The second-order valence-corrected chi connectivity index (χ2v) is 6.83. The van der Waals surface area contributed by atoms with Crippen LogP contribution in [0.1, 0.15) is 24.6 Å². The SMILES string of the molecule is CCCn1c(/C=C(\C#N)n2cccn2)c(-c2ccc(C)cc2)c2c(N)ncnc21. The Kier molecular flexibility index (Phi) is 4.83. The lowest BCUT2D eigenvalue weighted by atomic mass is 10.0. The number of rotatable bonds is 5. The molecule has 0 aliphatic rings. The Morgan fingerprint density at radius 1 is 1.24 bits per heavy atom. The zero-order chi connectivity index (χ0) is 20.4. The van der Waals surface area contributed by atoms with E-state index >= 15 is 0 Å². The lowest BCUT2D eigenvalue weighted by Gasteiger charge is -2.09. The van der Waals surface area contributed by atoms with Crippen molar-refractivity contribution in [3.05, 3.63) is 60.3 Å². The average molecular weight is 383 g/mol. The lowest BCUT2D eigenvalue weighted by molar-refractivity contribution is 0.692. The van der Waals surface area contributed by atoms with Gasteiger partial charge in [0.25, 0.3) is 0 Å². The molecule has 0 amide bonds. The first kappa shape index (κ1) is 18.4. The topological polar surface area (TPSA) is 98.3 Å². The Hall–Kier alpha value is -3.92. The van der Waals surface area contributed by atoms with Crippen molar-refractivity contribution >= 4 is 28.6 Å². The van der Waals surface area contributed by atoms with Crippen LogP contribution in [0.3, 0.4) is 0 Å². The highest BCUT2D eigenvalue weighted by Gasteiger charge is 2.21. The van der Waals surface area contributed by atoms with Crippen LogP contribution in [0.4, 0.5) is 5.82 Å². The summed E-state index contributed by atoms with van der Waals surface area (Å²) in [6, 6.07) is 12.3. The molecule has 0 spiro atoms. The largest absolute Gasteiger partial charge is 0.383 e. The summed E-state index contributed by atoms with van der Waals surface area (Å²) in [5, 5.41) is 14.8. The highest BCUT2D eigenvalue weighted by Crippen LogP contribution is 2.38. The van der Waals surface area contributed by atoms with Crippen LogP contribution in [0.25, 0.3) is 33.9 Å². The van der Waals surface area contributed by atoms with Gasteiger partial charge in [0.15, 0.2) is 0 Å². The summed E-state index contributed by atoms with van der Waals surface area (Å²) in [7, 11) is 0. The van der Waals surface area contributed by atoms with E-state index in [0.717, 1.165) is 40.8 Å². The van der Waals surface area contributed by atoms with Gasteiger partial charge in [0.05, 0.1) is 11.1 Å². The normalized spacial score (nSPS) is 11.7. The Morgan fingerprint density at radius 3 is 2.69 bits per heavy atom. The van der Waals surface area contributed by atoms with Crippen LogP contribution < -0.4 is 5.73 Å². The Bertz CT molecular complexity index is 1220. The molecule has 0 saturated heterocycles. The first-order chi connectivity index (χ1) is 14.1. The summed E-state index contributed by atoms with van der Waals surface area (Å²) < 4.78 is 3.66. The van der Waals surface area contributed by atoms with Gasteiger partial charge in [-0.15, -0.1) is 0 Å². The maximum atomic E-state index is 9.77. The first-order valence-corrected chi connectivity index (χ1v) is 9.45. The Morgan fingerprint density at radius 2 is 2.03 bits per heavy atom. The molecule has 0 atom stereocenters. The van der Waals surface area contributed by atoms with Gasteiger partial charge in [-0.1, -0.05) is 36.8 Å². The van der Waals surface area contributed by atoms with Crippen LogP contribution in [0.15, 0.2) is 49.1 Å². The van der Waals surface area contributed by atoms with E-state index in [-0.39, 0.29) is 0 Å². The molecular weight excluding hydrogens is 362 g/mol. The fraction of sp³-hybridized carbons (Fsp3) is 0.182. The van der Waals surface area contributed by atoms with E-state index in [4.69, 9.17) is 5.73 Å². The van der Waals surface area contributed by atoms with Crippen LogP contribution in [0.5, 0.6) is 0 Å². The van der Waals surface area contributed by atoms with Gasteiger partial charge in [0, 0.05) is 24.5 Å². The van der Waals surface area contributed by atoms with Crippen LogP contribution >= 0.6 is 0 Å². The van der Waals surface area contributed by atoms with E-state index in [1.54, 1.807) is 23.1 Å². The monoisotopic (exact) mass is 383 g/mol. The van der Waals surface area contributed by atoms with Crippen molar-refractivity contribution in [1.82, 2.24) is 24.3 Å². The molecule has 7 nitrogen and oxygen atoms in total. The quantitative estimate of drug-likeness (QED) is 0.523. The lowest BCUT2D eigenvalue weighted by Crippen LogP contribution is -2.03. The van der Waals surface area contributed by atoms with Crippen molar-refractivity contribution < 1.29 is 0 Å². The predicted molar refractivity (Wildman–Crippen MR) is 114 cm³/mol. The fourth-order valence-corrected chi connectivity index (χ4v) is 3.51. The van der Waals surface area contributed by atoms with Crippen LogP contribution in [-0.4, -0.2) is 24.3 Å². The molecule has 4 rings (SSSR count). The van der Waals surface area contributed by atoms with E-state index in [9.17, 15) is 5.26 Å². The number of nitrogens with two attached hydrogens (primary N) is 1. The van der Waals surface area contributed by atoms with Crippen molar-refractivity contribution in [1.29, 1.82) is 5.26 Å². The zero-order valence-corrected chi connectivity index (χ0v) is 16.4. The van der Waals surface area contributed by atoms with Crippen molar-refractivity contribution in [2.75, 3.05) is 5.73 Å². The van der Waals surface area contributed by atoms with Crippen molar-refractivity contribution in [3.63, 3.8) is 0 Å². The first-order valence-electron chi connectivity index (χ1n) is 9.45. The smallest absolute Gasteiger partial charge is 0.146 e. The minimum absolute atomic E-state index is 0.412. The molecule has 0 unspecified atom stereocenters. The van der Waals surface area contributed by atoms with Gasteiger partial charge in [-0.25, -0.2) is 14.6 Å². The third-order valence-electron chi connectivity index (χ3n) is 4.84. The third kappa shape index (κ3) is 3.25. The van der Waals surface area contributed by atoms with E-state index < -0.39 is 0 Å². The molecule has 7 heteroatoms. The van der Waals surface area contributed by atoms with Gasteiger partial charge in [-0.05, 0) is 31.1 Å². The maximum absolute atomic E-state index is 9.77. The van der Waals surface area contributed by atoms with Crippen molar-refractivity contribution in [2.24, 2.45) is 0 Å². The molecular formula is C22H21N7. The number of nitriles is 1. The fourth-order valence-electron chi connectivity index (χ4n) is 3.51. The number of benzene rings is 1. The molecule has 3 aromatic heterocycles. The number of fused-ring (bicyclic) bond motifs is 1. The standard InChI is InChI=1S/C22H21N7/c1-3-10-28-18(12-17(13-23)29-11-4-9-27-29)19(16-7-5-15(2)6-8-16)20-21(24)25-14-26-22(20)28/h4-9,11-12,14H,3,10H2,1-2H3,(H2,24,25,26)/b17-12+. The highest BCUT2D eigenvalue weighted by atomic mass is 15.3. The maximum Gasteiger partial charge on any atom is 0.146 e. The van der Waals surface area contributed by atoms with Gasteiger partial charge in [0.1, 0.15) is 29.6 Å². The molecule has 0 fully saturated rings. The van der Waals surface area contributed by atoms with Crippen LogP contribution in [0, 0.1) is 18.3 Å². The minimum atomic E-state index is 0.412. The molecule has 4 aromatic rings. The molecule has 0 radical (unpaired) electrons. The van der Waals surface area contributed by atoms with E-state index in [1.165, 1.54) is 11.9 Å². The summed E-state index contributed by atoms with van der Waals surface area (Å²) in [6.45, 7) is 4.89. The summed E-state index contributed by atoms with van der Waals surface area (Å²) in [4.78, 5) is 8.74. The molecule has 0 aliphatic heterocycles. The van der Waals surface area contributed by atoms with Crippen molar-refractivity contribution in [3.8, 4) is 17.2 Å². The summed E-state index contributed by atoms with van der Waals surface area (Å²) in [5.74, 6) is 0.424. The van der Waals surface area contributed by atoms with Crippen LogP contribution in [0.2, 0.25) is 0 Å². The van der Waals surface area contributed by atoms with E-state index in [0.29, 0.717) is 11.5 Å². The van der Waals surface area contributed by atoms with Crippen LogP contribution in [-0.2, 0) is 6.54 Å². The van der Waals surface area contributed by atoms with Gasteiger partial charge in [0.2, 0.25) is 0 Å². The Labute approximate surface area is 168 Å². The number of allylic oxidation sites excluding steroid dienone is 1. The minimum Gasteiger partial charge on any atom is -0.383 e. The number of hydrogen-bond donors (Lipinski definition) is 1. The molecule has 29 heavy (non-hydrogen) atoms. The molecule has 2 N–H and O–H groups in total. The van der Waals surface area contributed by atoms with Gasteiger partial charge in [-0.2, -0.15) is 10.4 Å². The number of nitrogen functional groups attached to an aromatic ring is 1. The molecule has 0 bridgehead atoms. The summed E-state index contributed by atoms with van der Waals surface area (Å²) >= 11 is 0. The average Bonchev–Trinajstić information content (AvgIpc) is 3.35. The Balaban J connectivity index is 2.10. The second-order valence-electron chi connectivity index (χ2n) is 6.83. The van der Waals surface area contributed by atoms with Gasteiger partial charge < -0.3 is 10.3 Å². The predicted octanol–water partition coefficient (Wildman–Crippen LogP) is 4.12. The summed E-state index contributed by atoms with van der Waals surface area (Å²) in [6.07, 6.45) is 7.64. The van der Waals surface area contributed by atoms with Gasteiger partial charge >= 0.3 is 0 Å². The molecule has 144 valence electrons. The van der Waals surface area contributed by atoms with Gasteiger partial charge in [-0.3, -0.25) is 0 Å². The second kappa shape index (κ2) is 7.60. The third-order valence-corrected chi connectivity index (χ3v) is 4.84. The molecule has 1 aromatic carbocycles. The number of hydrogen-bond acceptors (Lipinski definition) is 5. The number of nitrogens with zero attached hydrogens (tertiary/aromatic N) is 6. The number of aryl methyl sites for hydroxylation is 2. The van der Waals surface area contributed by atoms with E-state index in [1.807, 2.05) is 13.0 Å². The molecule has 0 aliphatic carbocycles. The highest BCUT2D eigenvalue weighted by molar-refractivity contribution is 6.05. The molecule has 0 saturated carbocycles. The molecule has 3 heterocycles. The van der Waals surface area contributed by atoms with Crippen molar-refractivity contribution in [2.45, 2.75) is 26.8 Å². The summed E-state index contributed by atoms with van der Waals surface area (Å²) in [5.41, 5.74) is 11.4. The number of anilines is 1. The van der Waals surface area contributed by atoms with E-state index in [2.05, 4.69) is 56.9 Å². The zero-order valence-electron chi connectivity index (χ0n) is 16.4.